The Hall–Kier alpha value is -2.30. The van der Waals surface area contributed by atoms with Crippen molar-refractivity contribution in [2.45, 2.75) is 83.9 Å². The predicted molar refractivity (Wildman–Crippen MR) is 166 cm³/mol. The highest BCUT2D eigenvalue weighted by Crippen LogP contribution is 2.50. The summed E-state index contributed by atoms with van der Waals surface area (Å²) >= 11 is 0. The molecule has 2 fully saturated rings. The smallest absolute Gasteiger partial charge is 0.251 e. The van der Waals surface area contributed by atoms with Crippen LogP contribution in [0.15, 0.2) is 48.5 Å². The zero-order chi connectivity index (χ0) is 28.8. The van der Waals surface area contributed by atoms with Crippen LogP contribution < -0.4 is 20.3 Å². The van der Waals surface area contributed by atoms with Crippen molar-refractivity contribution in [2.75, 3.05) is 35.0 Å². The van der Waals surface area contributed by atoms with Crippen molar-refractivity contribution in [1.29, 1.82) is 0 Å². The fourth-order valence-electron chi connectivity index (χ4n) is 5.98. The summed E-state index contributed by atoms with van der Waals surface area (Å²) in [5.41, 5.74) is 2.98. The van der Waals surface area contributed by atoms with Crippen molar-refractivity contribution < 1.29 is 19.0 Å². The van der Waals surface area contributed by atoms with Crippen LogP contribution in [0.4, 0.5) is 11.4 Å². The van der Waals surface area contributed by atoms with E-state index in [1.54, 1.807) is 16.4 Å². The Morgan fingerprint density at radius 3 is 2.58 bits per heavy atom. The first-order chi connectivity index (χ1) is 19.1. The molecule has 222 valence electrons. The summed E-state index contributed by atoms with van der Waals surface area (Å²) in [4.78, 5) is 13.7. The third-order valence-electron chi connectivity index (χ3n) is 8.39. The molecule has 9 heteroatoms. The molecule has 2 aromatic rings. The third-order valence-corrected chi connectivity index (χ3v) is 10.3. The largest absolute Gasteiger partial charge is 0.390 e. The average molecular weight is 573 g/mol. The quantitative estimate of drug-likeness (QED) is 0.206. The number of nitrogens with one attached hydrogen (secondary N) is 3. The fraction of sp³-hybridized carbons (Fsp3) is 0.581. The van der Waals surface area contributed by atoms with Crippen LogP contribution in [0.25, 0.3) is 0 Å². The van der Waals surface area contributed by atoms with Crippen molar-refractivity contribution in [3.63, 3.8) is 0 Å². The average Bonchev–Trinajstić information content (AvgIpc) is 2.92. The normalized spacial score (nSPS) is 22.6. The molecule has 40 heavy (non-hydrogen) atoms. The fourth-order valence-corrected chi connectivity index (χ4v) is 7.65. The van der Waals surface area contributed by atoms with E-state index in [-0.39, 0.29) is 11.3 Å². The second-order valence-corrected chi connectivity index (χ2v) is 14.1. The monoisotopic (exact) mass is 572 g/mol. The van der Waals surface area contributed by atoms with Crippen LogP contribution in [0.1, 0.15) is 75.2 Å². The number of hydrogen-bond acceptors (Lipinski definition) is 7. The molecule has 8 nitrogen and oxygen atoms in total. The highest BCUT2D eigenvalue weighted by atomic mass is 32.3. The maximum atomic E-state index is 13.7. The predicted octanol–water partition coefficient (Wildman–Crippen LogP) is 5.64. The van der Waals surface area contributed by atoms with E-state index >= 15 is 0 Å². The van der Waals surface area contributed by atoms with Gasteiger partial charge < -0.3 is 21.1 Å². The van der Waals surface area contributed by atoms with Crippen molar-refractivity contribution in [3.05, 3.63) is 59.7 Å². The summed E-state index contributed by atoms with van der Waals surface area (Å²) in [6.07, 6.45) is 6.02. The molecule has 1 amide bonds. The van der Waals surface area contributed by atoms with E-state index in [2.05, 4.69) is 29.8 Å². The maximum Gasteiger partial charge on any atom is 0.251 e. The van der Waals surface area contributed by atoms with Gasteiger partial charge in [0.15, 0.2) is 0 Å². The summed E-state index contributed by atoms with van der Waals surface area (Å²) in [5, 5.41) is 21.4. The Balaban J connectivity index is 1.55. The molecule has 1 saturated carbocycles. The van der Waals surface area contributed by atoms with Crippen molar-refractivity contribution in [2.24, 2.45) is 5.41 Å². The van der Waals surface area contributed by atoms with Crippen molar-refractivity contribution in [1.82, 2.24) is 10.6 Å². The highest BCUT2D eigenvalue weighted by molar-refractivity contribution is 8.25. The van der Waals surface area contributed by atoms with Crippen LogP contribution in [-0.2, 0) is 6.42 Å². The Morgan fingerprint density at radius 1 is 1.10 bits per heavy atom. The number of nitrogens with zero attached hydrogens (tertiary/aromatic N) is 1. The second-order valence-electron chi connectivity index (χ2n) is 12.0. The van der Waals surface area contributed by atoms with Gasteiger partial charge in [-0.05, 0) is 68.2 Å². The lowest BCUT2D eigenvalue weighted by atomic mass is 9.73. The van der Waals surface area contributed by atoms with E-state index in [9.17, 15) is 19.0 Å². The van der Waals surface area contributed by atoms with E-state index in [4.69, 9.17) is 0 Å². The number of aliphatic hydroxyl groups is 1. The first kappa shape index (κ1) is 30.7. The van der Waals surface area contributed by atoms with Gasteiger partial charge in [-0.3, -0.25) is 18.2 Å². The van der Waals surface area contributed by atoms with Crippen LogP contribution in [0.3, 0.4) is 0 Å². The molecule has 0 bridgehead atoms. The number of aliphatic hydroxyl groups excluding tert-OH is 1. The van der Waals surface area contributed by atoms with Crippen LogP contribution in [0.2, 0.25) is 0 Å². The topological polar surface area (TPSA) is 117 Å². The number of anilines is 2. The molecule has 1 aliphatic heterocycles. The molecule has 1 heterocycles. The molecule has 0 aromatic heterocycles. The van der Waals surface area contributed by atoms with Crippen LogP contribution in [0, 0.1) is 5.41 Å². The van der Waals surface area contributed by atoms with Gasteiger partial charge in [0.25, 0.3) is 5.91 Å². The minimum atomic E-state index is -2.93. The molecule has 2 aromatic carbocycles. The summed E-state index contributed by atoms with van der Waals surface area (Å²) in [5.74, 6) is 0.0308. The van der Waals surface area contributed by atoms with E-state index in [1.807, 2.05) is 43.3 Å². The number of hydrogen-bond donors (Lipinski definition) is 6. The minimum Gasteiger partial charge on any atom is -0.390 e. The van der Waals surface area contributed by atoms with Crippen molar-refractivity contribution >= 4 is 28.1 Å². The minimum absolute atomic E-state index is 0.171. The summed E-state index contributed by atoms with van der Waals surface area (Å²) in [7, 11) is -2.93. The Morgan fingerprint density at radius 2 is 1.88 bits per heavy atom. The number of benzene rings is 2. The van der Waals surface area contributed by atoms with Gasteiger partial charge in [0.05, 0.1) is 23.6 Å². The molecular weight excluding hydrogens is 524 g/mol. The molecule has 3 atom stereocenters. The first-order valence-electron chi connectivity index (χ1n) is 14.8. The van der Waals surface area contributed by atoms with E-state index in [0.717, 1.165) is 36.9 Å². The van der Waals surface area contributed by atoms with Gasteiger partial charge in [0, 0.05) is 36.9 Å². The van der Waals surface area contributed by atoms with E-state index in [1.165, 1.54) is 12.8 Å². The summed E-state index contributed by atoms with van der Waals surface area (Å²) in [6.45, 7) is 8.13. The van der Waals surface area contributed by atoms with E-state index in [0.29, 0.717) is 49.1 Å². The zero-order valence-electron chi connectivity index (χ0n) is 24.2. The van der Waals surface area contributed by atoms with E-state index < -0.39 is 22.9 Å². The van der Waals surface area contributed by atoms with Gasteiger partial charge in [0.2, 0.25) is 0 Å². The molecule has 4 rings (SSSR count). The Labute approximate surface area is 241 Å². The molecule has 0 spiro atoms. The molecule has 0 radical (unpaired) electrons. The zero-order valence-corrected chi connectivity index (χ0v) is 25.1. The SMILES string of the molecule is CCNc1cc(C(=O)N[C@@H](Cc2ccccc2)[C@H](O)CNC2CCCCC2(C)C)cc(N2CCCCS2(O)O)c1. The lowest BCUT2D eigenvalue weighted by molar-refractivity contribution is 0.0783. The molecule has 1 saturated heterocycles. The van der Waals surface area contributed by atoms with Gasteiger partial charge in [-0.15, -0.1) is 10.8 Å². The standard InChI is InChI=1S/C31H48N4O4S/c1-4-32-25-19-24(20-26(21-25)35-16-10-11-17-40(35,38)39)30(37)34-27(18-23-12-6-5-7-13-23)28(36)22-33-29-14-8-9-15-31(29,2)3/h5-7,12-13,19-21,27-29,32-33,36,38-39H,4,8-11,14-18,22H2,1-3H3,(H,34,37)/t27-,28+,29?/m0/s1. The third kappa shape index (κ3) is 7.91. The van der Waals surface area contributed by atoms with Crippen molar-refractivity contribution in [3.8, 4) is 0 Å². The summed E-state index contributed by atoms with van der Waals surface area (Å²) < 4.78 is 23.1. The summed E-state index contributed by atoms with van der Waals surface area (Å²) in [6, 6.07) is 15.1. The number of rotatable bonds is 11. The Kier molecular flexibility index (Phi) is 10.4. The number of carbonyl (C=O) groups excluding carboxylic acids is 1. The number of carbonyl (C=O) groups is 1. The van der Waals surface area contributed by atoms with Gasteiger partial charge >= 0.3 is 0 Å². The van der Waals surface area contributed by atoms with Crippen LogP contribution in [0.5, 0.6) is 0 Å². The molecule has 2 aliphatic rings. The van der Waals surface area contributed by atoms with Crippen LogP contribution in [-0.4, -0.2) is 63.7 Å². The Bertz CT molecular complexity index is 1110. The van der Waals surface area contributed by atoms with Crippen LogP contribution >= 0.6 is 10.8 Å². The number of amides is 1. The molecule has 1 unspecified atom stereocenters. The molecular formula is C31H48N4O4S. The van der Waals surface area contributed by atoms with Gasteiger partial charge in [-0.2, -0.15) is 0 Å². The lowest BCUT2D eigenvalue weighted by Gasteiger charge is -2.47. The molecule has 1 aliphatic carbocycles. The van der Waals surface area contributed by atoms with Gasteiger partial charge in [-0.1, -0.05) is 57.0 Å². The van der Waals surface area contributed by atoms with Gasteiger partial charge in [-0.25, -0.2) is 0 Å². The molecule has 6 N–H and O–H groups in total. The highest BCUT2D eigenvalue weighted by Gasteiger charge is 2.33. The maximum absolute atomic E-state index is 13.7. The second kappa shape index (κ2) is 13.6. The lowest BCUT2D eigenvalue weighted by Crippen LogP contribution is -2.52. The first-order valence-corrected chi connectivity index (χ1v) is 16.4. The van der Waals surface area contributed by atoms with Gasteiger partial charge in [0.1, 0.15) is 0 Å².